The molecule has 32 heavy (non-hydrogen) atoms. The van der Waals surface area contributed by atoms with E-state index in [1.807, 2.05) is 25.1 Å². The largest absolute Gasteiger partial charge is 0.484 e. The van der Waals surface area contributed by atoms with Crippen LogP contribution in [0.2, 0.25) is 0 Å². The fourth-order valence-electron chi connectivity index (χ4n) is 3.48. The Bertz CT molecular complexity index is 1320. The van der Waals surface area contributed by atoms with Crippen molar-refractivity contribution in [2.75, 3.05) is 6.61 Å². The smallest absolute Gasteiger partial charge is 0.258 e. The molecule has 4 aromatic rings. The van der Waals surface area contributed by atoms with Crippen LogP contribution in [0.1, 0.15) is 16.7 Å². The average Bonchev–Trinajstić information content (AvgIpc) is 2.80. The SMILES string of the molecule is Cc1cc(=O)n(Cc2ccccc2F)c2cc(OCC(=O)NCc3ccncc3)ccc12. The summed E-state index contributed by atoms with van der Waals surface area (Å²) in [4.78, 5) is 28.8. The van der Waals surface area contributed by atoms with Gasteiger partial charge in [-0.2, -0.15) is 0 Å². The highest BCUT2D eigenvalue weighted by Crippen LogP contribution is 2.23. The number of ether oxygens (including phenoxy) is 1. The van der Waals surface area contributed by atoms with Crippen LogP contribution in [-0.4, -0.2) is 22.1 Å². The van der Waals surface area contributed by atoms with Crippen LogP contribution < -0.4 is 15.6 Å². The summed E-state index contributed by atoms with van der Waals surface area (Å²) in [6, 6.07) is 16.9. The average molecular weight is 431 g/mol. The number of benzene rings is 2. The van der Waals surface area contributed by atoms with E-state index in [1.165, 1.54) is 16.7 Å². The number of aromatic nitrogens is 2. The van der Waals surface area contributed by atoms with Gasteiger partial charge in [-0.15, -0.1) is 0 Å². The number of aryl methyl sites for hydroxylation is 1. The lowest BCUT2D eigenvalue weighted by Crippen LogP contribution is -2.28. The minimum atomic E-state index is -0.369. The van der Waals surface area contributed by atoms with Crippen molar-refractivity contribution < 1.29 is 13.9 Å². The molecule has 0 aliphatic carbocycles. The van der Waals surface area contributed by atoms with Gasteiger partial charge in [0.05, 0.1) is 12.1 Å². The van der Waals surface area contributed by atoms with Crippen molar-refractivity contribution in [3.05, 3.63) is 106 Å². The van der Waals surface area contributed by atoms with Gasteiger partial charge >= 0.3 is 0 Å². The molecular weight excluding hydrogens is 409 g/mol. The number of pyridine rings is 2. The minimum Gasteiger partial charge on any atom is -0.484 e. The predicted molar refractivity (Wildman–Crippen MR) is 120 cm³/mol. The number of amides is 1. The summed E-state index contributed by atoms with van der Waals surface area (Å²) < 4.78 is 21.4. The van der Waals surface area contributed by atoms with Crippen LogP contribution in [0.5, 0.6) is 5.75 Å². The first-order valence-corrected chi connectivity index (χ1v) is 10.2. The summed E-state index contributed by atoms with van der Waals surface area (Å²) in [5.41, 5.74) is 2.56. The van der Waals surface area contributed by atoms with Crippen molar-refractivity contribution in [3.63, 3.8) is 0 Å². The molecule has 2 heterocycles. The minimum absolute atomic E-state index is 0.0954. The molecule has 0 spiro atoms. The number of nitrogens with one attached hydrogen (secondary N) is 1. The van der Waals surface area contributed by atoms with Gasteiger partial charge in [0.25, 0.3) is 11.5 Å². The molecule has 0 aliphatic heterocycles. The second-order valence-corrected chi connectivity index (χ2v) is 7.44. The highest BCUT2D eigenvalue weighted by molar-refractivity contribution is 5.84. The van der Waals surface area contributed by atoms with Crippen molar-refractivity contribution in [1.82, 2.24) is 14.9 Å². The Balaban J connectivity index is 1.54. The molecule has 1 amide bonds. The third-order valence-corrected chi connectivity index (χ3v) is 5.19. The first kappa shape index (κ1) is 21.2. The molecule has 0 unspecified atom stereocenters. The van der Waals surface area contributed by atoms with Crippen LogP contribution in [0.4, 0.5) is 4.39 Å². The quantitative estimate of drug-likeness (QED) is 0.485. The maximum atomic E-state index is 14.2. The van der Waals surface area contributed by atoms with E-state index in [9.17, 15) is 14.0 Å². The van der Waals surface area contributed by atoms with Gasteiger partial charge in [-0.25, -0.2) is 4.39 Å². The zero-order chi connectivity index (χ0) is 22.5. The predicted octanol–water partition coefficient (Wildman–Crippen LogP) is 3.59. The standard InChI is InChI=1S/C25H22FN3O3/c1-17-12-25(31)29(15-19-4-2-3-5-22(19)26)23-13-20(6-7-21(17)23)32-16-24(30)28-14-18-8-10-27-11-9-18/h2-13H,14-16H2,1H3,(H,28,30). The molecule has 2 aromatic carbocycles. The summed E-state index contributed by atoms with van der Waals surface area (Å²) in [5.74, 6) is -0.190. The lowest BCUT2D eigenvalue weighted by Gasteiger charge is -2.14. The maximum Gasteiger partial charge on any atom is 0.258 e. The van der Waals surface area contributed by atoms with Crippen LogP contribution in [0.15, 0.2) is 77.9 Å². The number of halogens is 1. The van der Waals surface area contributed by atoms with Gasteiger partial charge < -0.3 is 14.6 Å². The Morgan fingerprint density at radius 1 is 1.09 bits per heavy atom. The molecule has 6 nitrogen and oxygen atoms in total. The molecule has 7 heteroatoms. The molecule has 162 valence electrons. The number of fused-ring (bicyclic) bond motifs is 1. The highest BCUT2D eigenvalue weighted by atomic mass is 19.1. The Kier molecular flexibility index (Phi) is 6.26. The molecule has 0 atom stereocenters. The summed E-state index contributed by atoms with van der Waals surface area (Å²) in [7, 11) is 0. The Morgan fingerprint density at radius 2 is 1.88 bits per heavy atom. The number of hydrogen-bond acceptors (Lipinski definition) is 4. The van der Waals surface area contributed by atoms with Crippen LogP contribution >= 0.6 is 0 Å². The van der Waals surface area contributed by atoms with Crippen LogP contribution in [0.25, 0.3) is 10.9 Å². The lowest BCUT2D eigenvalue weighted by molar-refractivity contribution is -0.123. The molecule has 2 aromatic heterocycles. The summed E-state index contributed by atoms with van der Waals surface area (Å²) >= 11 is 0. The zero-order valence-corrected chi connectivity index (χ0v) is 17.5. The number of hydrogen-bond donors (Lipinski definition) is 1. The fourth-order valence-corrected chi connectivity index (χ4v) is 3.48. The maximum absolute atomic E-state index is 14.2. The second-order valence-electron chi connectivity index (χ2n) is 7.44. The van der Waals surface area contributed by atoms with E-state index in [2.05, 4.69) is 10.3 Å². The Morgan fingerprint density at radius 3 is 2.66 bits per heavy atom. The van der Waals surface area contributed by atoms with E-state index in [1.54, 1.807) is 42.7 Å². The monoisotopic (exact) mass is 431 g/mol. The molecule has 0 saturated carbocycles. The number of carbonyl (C=O) groups excluding carboxylic acids is 1. The van der Waals surface area contributed by atoms with Crippen LogP contribution in [-0.2, 0) is 17.9 Å². The van der Waals surface area contributed by atoms with Crippen LogP contribution in [0.3, 0.4) is 0 Å². The molecule has 4 rings (SSSR count). The normalized spacial score (nSPS) is 10.8. The topological polar surface area (TPSA) is 73.2 Å². The lowest BCUT2D eigenvalue weighted by atomic mass is 10.1. The van der Waals surface area contributed by atoms with Gasteiger partial charge in [-0.3, -0.25) is 14.6 Å². The first-order valence-electron chi connectivity index (χ1n) is 10.2. The first-order chi connectivity index (χ1) is 15.5. The van der Waals surface area contributed by atoms with Gasteiger partial charge in [0, 0.05) is 42.0 Å². The van der Waals surface area contributed by atoms with E-state index in [0.717, 1.165) is 16.5 Å². The Labute approximate surface area is 184 Å². The fraction of sp³-hybridized carbons (Fsp3) is 0.160. The van der Waals surface area contributed by atoms with Gasteiger partial charge in [-0.1, -0.05) is 18.2 Å². The van der Waals surface area contributed by atoms with Crippen LogP contribution in [0, 0.1) is 12.7 Å². The third kappa shape index (κ3) is 4.83. The van der Waals surface area contributed by atoms with E-state index in [0.29, 0.717) is 23.4 Å². The van der Waals surface area contributed by atoms with Crippen molar-refractivity contribution in [2.45, 2.75) is 20.0 Å². The zero-order valence-electron chi connectivity index (χ0n) is 17.5. The molecule has 0 fully saturated rings. The molecule has 0 aliphatic rings. The van der Waals surface area contributed by atoms with E-state index >= 15 is 0 Å². The van der Waals surface area contributed by atoms with Gasteiger partial charge in [0.1, 0.15) is 11.6 Å². The summed E-state index contributed by atoms with van der Waals surface area (Å²) in [6.07, 6.45) is 3.33. The number of rotatable bonds is 7. The van der Waals surface area contributed by atoms with E-state index in [-0.39, 0.29) is 30.4 Å². The molecule has 1 N–H and O–H groups in total. The van der Waals surface area contributed by atoms with Gasteiger partial charge in [-0.05, 0) is 48.4 Å². The third-order valence-electron chi connectivity index (χ3n) is 5.19. The Hall–Kier alpha value is -4.00. The number of carbonyl (C=O) groups is 1. The van der Waals surface area contributed by atoms with Crippen molar-refractivity contribution in [2.24, 2.45) is 0 Å². The second kappa shape index (κ2) is 9.43. The highest BCUT2D eigenvalue weighted by Gasteiger charge is 2.11. The summed E-state index contributed by atoms with van der Waals surface area (Å²) in [6.45, 7) is 2.16. The van der Waals surface area contributed by atoms with E-state index < -0.39 is 0 Å². The van der Waals surface area contributed by atoms with Crippen molar-refractivity contribution in [1.29, 1.82) is 0 Å². The summed E-state index contributed by atoms with van der Waals surface area (Å²) in [5, 5.41) is 3.64. The van der Waals surface area contributed by atoms with Gasteiger partial charge in [0.2, 0.25) is 0 Å². The van der Waals surface area contributed by atoms with E-state index in [4.69, 9.17) is 4.74 Å². The van der Waals surface area contributed by atoms with Gasteiger partial charge in [0.15, 0.2) is 6.61 Å². The molecule has 0 radical (unpaired) electrons. The van der Waals surface area contributed by atoms with Crippen molar-refractivity contribution >= 4 is 16.8 Å². The molecule has 0 saturated heterocycles. The molecule has 0 bridgehead atoms. The van der Waals surface area contributed by atoms with Crippen molar-refractivity contribution in [3.8, 4) is 5.75 Å². The molecular formula is C25H22FN3O3. The number of nitrogens with zero attached hydrogens (tertiary/aromatic N) is 2.